The molecule has 0 atom stereocenters. The summed E-state index contributed by atoms with van der Waals surface area (Å²) >= 11 is 5.83. The van der Waals surface area contributed by atoms with Crippen LogP contribution in [0.15, 0.2) is 12.3 Å². The fourth-order valence-electron chi connectivity index (χ4n) is 1.82. The Morgan fingerprint density at radius 3 is 2.87 bits per heavy atom. The monoisotopic (exact) mass is 227 g/mol. The van der Waals surface area contributed by atoms with Crippen LogP contribution in [0.5, 0.6) is 5.88 Å². The number of hydrogen-bond donors (Lipinski definition) is 1. The molecule has 0 bridgehead atoms. The van der Waals surface area contributed by atoms with Crippen LogP contribution >= 0.6 is 11.6 Å². The Morgan fingerprint density at radius 1 is 1.47 bits per heavy atom. The molecule has 0 aromatic carbocycles. The zero-order valence-electron chi connectivity index (χ0n) is 8.45. The summed E-state index contributed by atoms with van der Waals surface area (Å²) in [7, 11) is 0. The molecule has 0 spiro atoms. The van der Waals surface area contributed by atoms with E-state index in [1.54, 1.807) is 6.07 Å². The second-order valence-corrected chi connectivity index (χ2v) is 4.20. The number of pyridine rings is 1. The fraction of sp³-hybridized carbons (Fsp3) is 0.545. The molecule has 2 rings (SSSR count). The third-order valence-corrected chi connectivity index (χ3v) is 3.01. The van der Waals surface area contributed by atoms with E-state index in [9.17, 15) is 0 Å². The molecule has 1 N–H and O–H groups in total. The first-order valence-corrected chi connectivity index (χ1v) is 5.59. The summed E-state index contributed by atoms with van der Waals surface area (Å²) in [5.74, 6) is 0.565. The number of aliphatic hydroxyl groups is 1. The Morgan fingerprint density at radius 2 is 2.20 bits per heavy atom. The maximum Gasteiger partial charge on any atom is 0.213 e. The van der Waals surface area contributed by atoms with Crippen molar-refractivity contribution < 1.29 is 9.84 Å². The number of rotatable bonds is 3. The lowest BCUT2D eigenvalue weighted by atomic mass is 10.3. The average Bonchev–Trinajstić information content (AvgIpc) is 2.73. The van der Waals surface area contributed by atoms with Crippen molar-refractivity contribution in [3.05, 3.63) is 22.8 Å². The van der Waals surface area contributed by atoms with Gasteiger partial charge in [-0.2, -0.15) is 0 Å². The van der Waals surface area contributed by atoms with Crippen LogP contribution in [-0.4, -0.2) is 16.2 Å². The maximum atomic E-state index is 9.04. The Bertz CT molecular complexity index is 337. The summed E-state index contributed by atoms with van der Waals surface area (Å²) in [6.07, 6.45) is 6.45. The van der Waals surface area contributed by atoms with Gasteiger partial charge in [0.1, 0.15) is 6.10 Å². The summed E-state index contributed by atoms with van der Waals surface area (Å²) < 4.78 is 5.69. The van der Waals surface area contributed by atoms with Gasteiger partial charge in [-0.3, -0.25) is 0 Å². The van der Waals surface area contributed by atoms with Gasteiger partial charge in [0.05, 0.1) is 11.6 Å². The molecule has 1 aliphatic rings. The Balaban J connectivity index is 2.07. The normalized spacial score (nSPS) is 16.9. The summed E-state index contributed by atoms with van der Waals surface area (Å²) in [4.78, 5) is 4.09. The van der Waals surface area contributed by atoms with Crippen molar-refractivity contribution in [3.63, 3.8) is 0 Å². The van der Waals surface area contributed by atoms with E-state index < -0.39 is 0 Å². The number of ether oxygens (including phenoxy) is 1. The van der Waals surface area contributed by atoms with Gasteiger partial charge >= 0.3 is 0 Å². The average molecular weight is 228 g/mol. The van der Waals surface area contributed by atoms with Crippen molar-refractivity contribution in [2.24, 2.45) is 0 Å². The molecule has 3 nitrogen and oxygen atoms in total. The minimum Gasteiger partial charge on any atom is -0.474 e. The van der Waals surface area contributed by atoms with E-state index in [-0.39, 0.29) is 12.7 Å². The first kappa shape index (κ1) is 10.7. The molecule has 4 heteroatoms. The van der Waals surface area contributed by atoms with Gasteiger partial charge in [0.25, 0.3) is 0 Å². The highest BCUT2D eigenvalue weighted by molar-refractivity contribution is 6.31. The first-order valence-electron chi connectivity index (χ1n) is 5.21. The maximum absolute atomic E-state index is 9.04. The molecule has 82 valence electrons. The van der Waals surface area contributed by atoms with Crippen molar-refractivity contribution >= 4 is 11.6 Å². The molecule has 1 saturated carbocycles. The molecule has 0 unspecified atom stereocenters. The standard InChI is InChI=1S/C11H14ClNO2/c12-10-6-13-11(5-8(10)7-14)15-9-3-1-2-4-9/h5-6,9,14H,1-4,7H2. The van der Waals surface area contributed by atoms with Crippen molar-refractivity contribution in [2.45, 2.75) is 38.4 Å². The van der Waals surface area contributed by atoms with Crippen molar-refractivity contribution in [2.75, 3.05) is 0 Å². The highest BCUT2D eigenvalue weighted by atomic mass is 35.5. The van der Waals surface area contributed by atoms with Gasteiger partial charge in [0.2, 0.25) is 5.88 Å². The molecule has 1 fully saturated rings. The van der Waals surface area contributed by atoms with E-state index in [1.165, 1.54) is 19.0 Å². The predicted molar refractivity (Wildman–Crippen MR) is 58.1 cm³/mol. The third-order valence-electron chi connectivity index (χ3n) is 2.67. The lowest BCUT2D eigenvalue weighted by Gasteiger charge is -2.12. The van der Waals surface area contributed by atoms with Gasteiger partial charge in [-0.15, -0.1) is 0 Å². The molecule has 1 aromatic rings. The number of aliphatic hydroxyl groups excluding tert-OH is 1. The van der Waals surface area contributed by atoms with Crippen LogP contribution in [0.1, 0.15) is 31.2 Å². The Kier molecular flexibility index (Phi) is 3.44. The molecule has 0 aliphatic heterocycles. The molecular weight excluding hydrogens is 214 g/mol. The topological polar surface area (TPSA) is 42.4 Å². The van der Waals surface area contributed by atoms with E-state index in [0.29, 0.717) is 16.5 Å². The van der Waals surface area contributed by atoms with Crippen molar-refractivity contribution in [1.29, 1.82) is 0 Å². The van der Waals surface area contributed by atoms with Gasteiger partial charge in [-0.25, -0.2) is 4.98 Å². The lowest BCUT2D eigenvalue weighted by molar-refractivity contribution is 0.200. The van der Waals surface area contributed by atoms with Crippen LogP contribution in [-0.2, 0) is 6.61 Å². The third kappa shape index (κ3) is 2.61. The largest absolute Gasteiger partial charge is 0.474 e. The summed E-state index contributed by atoms with van der Waals surface area (Å²) in [6.45, 7) is -0.0810. The van der Waals surface area contributed by atoms with E-state index in [0.717, 1.165) is 12.8 Å². The Labute approximate surface area is 94.0 Å². The quantitative estimate of drug-likeness (QED) is 0.863. The SMILES string of the molecule is OCc1cc(OC2CCCC2)ncc1Cl. The summed E-state index contributed by atoms with van der Waals surface area (Å²) in [5.41, 5.74) is 0.666. The van der Waals surface area contributed by atoms with Crippen LogP contribution in [0, 0.1) is 0 Å². The molecule has 1 aromatic heterocycles. The molecule has 0 amide bonds. The predicted octanol–water partition coefficient (Wildman–Crippen LogP) is 2.55. The van der Waals surface area contributed by atoms with E-state index >= 15 is 0 Å². The minimum absolute atomic E-state index is 0.0810. The van der Waals surface area contributed by atoms with Crippen LogP contribution in [0.3, 0.4) is 0 Å². The van der Waals surface area contributed by atoms with Crippen LogP contribution in [0.25, 0.3) is 0 Å². The molecule has 15 heavy (non-hydrogen) atoms. The summed E-state index contributed by atoms with van der Waals surface area (Å²) in [6, 6.07) is 1.71. The van der Waals surface area contributed by atoms with Crippen LogP contribution in [0.2, 0.25) is 5.02 Å². The van der Waals surface area contributed by atoms with Gasteiger partial charge in [-0.1, -0.05) is 11.6 Å². The number of hydrogen-bond acceptors (Lipinski definition) is 3. The molecule has 0 radical (unpaired) electrons. The van der Waals surface area contributed by atoms with Gasteiger partial charge in [0.15, 0.2) is 0 Å². The first-order chi connectivity index (χ1) is 7.29. The number of aromatic nitrogens is 1. The molecular formula is C11H14ClNO2. The van der Waals surface area contributed by atoms with Crippen molar-refractivity contribution in [1.82, 2.24) is 4.98 Å². The van der Waals surface area contributed by atoms with Gasteiger partial charge < -0.3 is 9.84 Å². The van der Waals surface area contributed by atoms with E-state index in [2.05, 4.69) is 4.98 Å². The number of nitrogens with zero attached hydrogens (tertiary/aromatic N) is 1. The van der Waals surface area contributed by atoms with E-state index in [4.69, 9.17) is 21.4 Å². The zero-order chi connectivity index (χ0) is 10.7. The molecule has 1 heterocycles. The molecule has 0 saturated heterocycles. The lowest BCUT2D eigenvalue weighted by Crippen LogP contribution is -2.12. The van der Waals surface area contributed by atoms with E-state index in [1.807, 2.05) is 0 Å². The zero-order valence-corrected chi connectivity index (χ0v) is 9.20. The highest BCUT2D eigenvalue weighted by Crippen LogP contribution is 2.25. The van der Waals surface area contributed by atoms with Crippen LogP contribution < -0.4 is 4.74 Å². The van der Waals surface area contributed by atoms with Gasteiger partial charge in [-0.05, 0) is 25.7 Å². The van der Waals surface area contributed by atoms with Gasteiger partial charge in [0, 0.05) is 17.8 Å². The Hall–Kier alpha value is -0.800. The van der Waals surface area contributed by atoms with Crippen LogP contribution in [0.4, 0.5) is 0 Å². The van der Waals surface area contributed by atoms with Crippen molar-refractivity contribution in [3.8, 4) is 5.88 Å². The second-order valence-electron chi connectivity index (χ2n) is 3.80. The molecule has 1 aliphatic carbocycles. The second kappa shape index (κ2) is 4.81. The highest BCUT2D eigenvalue weighted by Gasteiger charge is 2.17. The smallest absolute Gasteiger partial charge is 0.213 e. The fourth-order valence-corrected chi connectivity index (χ4v) is 1.98. The minimum atomic E-state index is -0.0810. The summed E-state index contributed by atoms with van der Waals surface area (Å²) in [5, 5.41) is 9.52. The number of halogens is 1.